The summed E-state index contributed by atoms with van der Waals surface area (Å²) in [5, 5.41) is 6.36. The van der Waals surface area contributed by atoms with Gasteiger partial charge in [-0.3, -0.25) is 4.57 Å². The summed E-state index contributed by atoms with van der Waals surface area (Å²) < 4.78 is 40.8. The smallest absolute Gasteiger partial charge is 0.407 e. The number of alkyl halides is 2. The van der Waals surface area contributed by atoms with Crippen LogP contribution in [0.1, 0.15) is 64.3 Å². The maximum absolute atomic E-state index is 14.2. The molecule has 2 aromatic heterocycles. The van der Waals surface area contributed by atoms with Crippen molar-refractivity contribution in [2.75, 3.05) is 43.1 Å². The number of alkyl carbamates (subject to hydrolysis) is 1. The van der Waals surface area contributed by atoms with E-state index in [9.17, 15) is 13.6 Å². The monoisotopic (exact) mass is 571 g/mol. The maximum Gasteiger partial charge on any atom is 0.407 e. The Kier molecular flexibility index (Phi) is 8.58. The molecular weight excluding hydrogens is 532 g/mol. The summed E-state index contributed by atoms with van der Waals surface area (Å²) in [6.07, 6.45) is 0.386. The van der Waals surface area contributed by atoms with Crippen LogP contribution in [0.3, 0.4) is 0 Å². The Morgan fingerprint density at radius 1 is 1.10 bits per heavy atom. The molecule has 3 heterocycles. The Labute approximate surface area is 238 Å². The highest BCUT2D eigenvalue weighted by molar-refractivity contribution is 5.81. The fourth-order valence-corrected chi connectivity index (χ4v) is 5.48. The molecule has 0 unspecified atom stereocenters. The second-order valence-corrected chi connectivity index (χ2v) is 11.8. The van der Waals surface area contributed by atoms with E-state index >= 15 is 0 Å². The van der Waals surface area contributed by atoms with Gasteiger partial charge in [-0.25, -0.2) is 18.6 Å². The number of carbonyl (C=O) groups is 1. The zero-order chi connectivity index (χ0) is 29.1. The van der Waals surface area contributed by atoms with Crippen LogP contribution in [0.4, 0.5) is 25.3 Å². The highest BCUT2D eigenvalue weighted by Gasteiger charge is 2.27. The molecule has 222 valence electrons. The second kappa shape index (κ2) is 12.1. The number of anilines is 2. The molecule has 2 fully saturated rings. The fourth-order valence-electron chi connectivity index (χ4n) is 5.48. The molecule has 0 spiro atoms. The first-order valence-electron chi connectivity index (χ1n) is 14.3. The normalized spacial score (nSPS) is 19.9. The van der Waals surface area contributed by atoms with Crippen molar-refractivity contribution in [2.45, 2.75) is 71.4 Å². The van der Waals surface area contributed by atoms with Crippen molar-refractivity contribution < 1.29 is 23.0 Å². The molecule has 3 aromatic rings. The molecule has 1 saturated carbocycles. The van der Waals surface area contributed by atoms with Crippen molar-refractivity contribution in [3.63, 3.8) is 0 Å². The third-order valence-electron chi connectivity index (χ3n) is 7.48. The average molecular weight is 572 g/mol. The molecule has 1 aromatic carbocycles. The lowest BCUT2D eigenvalue weighted by Gasteiger charge is -2.30. The van der Waals surface area contributed by atoms with Crippen LogP contribution >= 0.6 is 0 Å². The number of ether oxygens (including phenoxy) is 2. The summed E-state index contributed by atoms with van der Waals surface area (Å²) in [4.78, 5) is 28.0. The molecule has 1 amide bonds. The quantitative estimate of drug-likeness (QED) is 0.389. The van der Waals surface area contributed by atoms with Gasteiger partial charge in [0.05, 0.1) is 24.2 Å². The van der Waals surface area contributed by atoms with E-state index in [1.54, 1.807) is 12.1 Å². The van der Waals surface area contributed by atoms with E-state index in [1.165, 1.54) is 4.57 Å². The van der Waals surface area contributed by atoms with Gasteiger partial charge in [0.2, 0.25) is 5.95 Å². The number of hydrogen-bond donors (Lipinski definition) is 2. The summed E-state index contributed by atoms with van der Waals surface area (Å²) in [6, 6.07) is 7.27. The number of morpholine rings is 1. The third kappa shape index (κ3) is 7.03. The number of nitrogens with zero attached hydrogens (tertiary/aromatic N) is 5. The summed E-state index contributed by atoms with van der Waals surface area (Å²) >= 11 is 0. The van der Waals surface area contributed by atoms with Crippen LogP contribution in [0.5, 0.6) is 0 Å². The lowest BCUT2D eigenvalue weighted by Crippen LogP contribution is -2.41. The number of fused-ring (bicyclic) bond motifs is 1. The molecular formula is C29H39F2N7O3. The Morgan fingerprint density at radius 2 is 1.80 bits per heavy atom. The summed E-state index contributed by atoms with van der Waals surface area (Å²) in [5.74, 6) is 1.40. The predicted molar refractivity (Wildman–Crippen MR) is 153 cm³/mol. The average Bonchev–Trinajstić information content (AvgIpc) is 3.34. The molecule has 1 aliphatic carbocycles. The number of para-hydroxylation sites is 1. The summed E-state index contributed by atoms with van der Waals surface area (Å²) in [6.45, 7) is 10.5. The molecule has 0 atom stereocenters. The molecule has 10 nitrogen and oxygen atoms in total. The molecule has 12 heteroatoms. The van der Waals surface area contributed by atoms with Crippen molar-refractivity contribution in [3.05, 3.63) is 35.7 Å². The zero-order valence-corrected chi connectivity index (χ0v) is 24.1. The van der Waals surface area contributed by atoms with E-state index in [4.69, 9.17) is 19.4 Å². The molecule has 2 aliphatic rings. The molecule has 2 N–H and O–H groups in total. The maximum atomic E-state index is 14.2. The molecule has 0 bridgehead atoms. The highest BCUT2D eigenvalue weighted by atomic mass is 19.3. The van der Waals surface area contributed by atoms with E-state index in [0.717, 1.165) is 31.2 Å². The minimum atomic E-state index is -2.77. The molecule has 5 rings (SSSR count). The number of nitrogens with one attached hydrogen (secondary N) is 2. The number of halogens is 2. The second-order valence-electron chi connectivity index (χ2n) is 11.8. The van der Waals surface area contributed by atoms with Gasteiger partial charge >= 0.3 is 6.09 Å². The van der Waals surface area contributed by atoms with Gasteiger partial charge in [-0.15, -0.1) is 0 Å². The van der Waals surface area contributed by atoms with E-state index in [2.05, 4.69) is 20.5 Å². The van der Waals surface area contributed by atoms with Crippen LogP contribution in [0, 0.1) is 12.8 Å². The lowest BCUT2D eigenvalue weighted by molar-refractivity contribution is 0.0488. The molecule has 0 radical (unpaired) electrons. The first kappa shape index (κ1) is 29.0. The van der Waals surface area contributed by atoms with E-state index in [1.807, 2.05) is 39.8 Å². The van der Waals surface area contributed by atoms with E-state index < -0.39 is 12.0 Å². The number of benzene rings is 1. The summed E-state index contributed by atoms with van der Waals surface area (Å²) in [5.41, 5.74) is 1.41. The van der Waals surface area contributed by atoms with Crippen LogP contribution in [0.25, 0.3) is 16.9 Å². The summed E-state index contributed by atoms with van der Waals surface area (Å²) in [7, 11) is 0. The van der Waals surface area contributed by atoms with Gasteiger partial charge in [-0.2, -0.15) is 9.97 Å². The number of aryl methyl sites for hydroxylation is 1. The SMILES string of the molecule is Cc1cccc2nc(C(F)F)n(-c3cc(N4CCOCC4)nc(NCC4CCC(NC(=O)OC(C)(C)C)CC4)n3)c12. The Hall–Kier alpha value is -3.54. The number of hydrogen-bond acceptors (Lipinski definition) is 8. The van der Waals surface area contributed by atoms with Crippen molar-refractivity contribution in [1.29, 1.82) is 0 Å². The number of aromatic nitrogens is 4. The largest absolute Gasteiger partial charge is 0.444 e. The van der Waals surface area contributed by atoms with E-state index in [0.29, 0.717) is 67.4 Å². The lowest BCUT2D eigenvalue weighted by atomic mass is 9.86. The van der Waals surface area contributed by atoms with Crippen LogP contribution in [-0.2, 0) is 9.47 Å². The van der Waals surface area contributed by atoms with Crippen LogP contribution in [-0.4, -0.2) is 70.1 Å². The predicted octanol–water partition coefficient (Wildman–Crippen LogP) is 5.39. The minimum Gasteiger partial charge on any atom is -0.444 e. The molecule has 41 heavy (non-hydrogen) atoms. The number of rotatable bonds is 7. The highest BCUT2D eigenvalue weighted by Crippen LogP contribution is 2.31. The first-order valence-corrected chi connectivity index (χ1v) is 14.3. The Bertz CT molecular complexity index is 1360. The van der Waals surface area contributed by atoms with Crippen LogP contribution < -0.4 is 15.5 Å². The van der Waals surface area contributed by atoms with E-state index in [-0.39, 0.29) is 18.0 Å². The fraction of sp³-hybridized carbons (Fsp3) is 0.586. The first-order chi connectivity index (χ1) is 19.6. The van der Waals surface area contributed by atoms with Crippen molar-refractivity contribution in [3.8, 4) is 5.82 Å². The number of carbonyl (C=O) groups excluding carboxylic acids is 1. The zero-order valence-electron chi connectivity index (χ0n) is 24.1. The molecule has 1 saturated heterocycles. The minimum absolute atomic E-state index is 0.0825. The number of imidazole rings is 1. The van der Waals surface area contributed by atoms with Gasteiger partial charge in [-0.05, 0) is 70.9 Å². The standard InChI is InChI=1S/C29H39F2N7O3/c1-18-6-5-7-21-24(18)38(26(34-21)25(30)31)23-16-22(37-12-14-40-15-13-37)35-27(36-23)32-17-19-8-10-20(11-9-19)33-28(39)41-29(2,3)4/h5-7,16,19-20,25H,8-15,17H2,1-4H3,(H,33,39)(H,32,35,36). The van der Waals surface area contributed by atoms with Crippen LogP contribution in [0.15, 0.2) is 24.3 Å². The Balaban J connectivity index is 1.35. The van der Waals surface area contributed by atoms with Gasteiger partial charge in [0.25, 0.3) is 6.43 Å². The molecule has 1 aliphatic heterocycles. The van der Waals surface area contributed by atoms with Crippen molar-refractivity contribution >= 4 is 28.9 Å². The van der Waals surface area contributed by atoms with Gasteiger partial charge in [-0.1, -0.05) is 12.1 Å². The van der Waals surface area contributed by atoms with Crippen molar-refractivity contribution in [2.24, 2.45) is 5.92 Å². The van der Waals surface area contributed by atoms with Gasteiger partial charge in [0.15, 0.2) is 5.82 Å². The van der Waals surface area contributed by atoms with Crippen molar-refractivity contribution in [1.82, 2.24) is 24.8 Å². The topological polar surface area (TPSA) is 106 Å². The van der Waals surface area contributed by atoms with Gasteiger partial charge < -0.3 is 25.0 Å². The number of amides is 1. The van der Waals surface area contributed by atoms with Gasteiger partial charge in [0.1, 0.15) is 17.2 Å². The third-order valence-corrected chi connectivity index (χ3v) is 7.48. The Morgan fingerprint density at radius 3 is 2.49 bits per heavy atom. The van der Waals surface area contributed by atoms with Gasteiger partial charge in [0, 0.05) is 31.7 Å². The van der Waals surface area contributed by atoms with Crippen LogP contribution in [0.2, 0.25) is 0 Å².